The Hall–Kier alpha value is -3.20. The monoisotopic (exact) mass is 399 g/mol. The summed E-state index contributed by atoms with van der Waals surface area (Å²) in [6.45, 7) is 2.40. The van der Waals surface area contributed by atoms with Gasteiger partial charge in [-0.15, -0.1) is 0 Å². The van der Waals surface area contributed by atoms with E-state index in [0.29, 0.717) is 30.8 Å². The molecule has 0 spiro atoms. The summed E-state index contributed by atoms with van der Waals surface area (Å²) in [5, 5.41) is 6.78. The molecule has 1 aromatic heterocycles. The number of hydrogen-bond donors (Lipinski definition) is 2. The fraction of sp³-hybridized carbons (Fsp3) is 0.211. The zero-order valence-electron chi connectivity index (χ0n) is 15.4. The summed E-state index contributed by atoms with van der Waals surface area (Å²) in [6.07, 6.45) is 3.99. The molecule has 0 atom stereocenters. The molecule has 0 aliphatic rings. The molecule has 28 heavy (non-hydrogen) atoms. The second-order valence-corrected chi connectivity index (χ2v) is 7.94. The molecule has 8 nitrogen and oxygen atoms in total. The second kappa shape index (κ2) is 8.66. The first-order valence-electron chi connectivity index (χ1n) is 8.75. The summed E-state index contributed by atoms with van der Waals surface area (Å²) in [7, 11) is -3.70. The molecular formula is C19H21N5O3S. The summed E-state index contributed by atoms with van der Waals surface area (Å²) in [5.41, 5.74) is 1.70. The van der Waals surface area contributed by atoms with E-state index < -0.39 is 10.0 Å². The van der Waals surface area contributed by atoms with E-state index in [1.807, 2.05) is 0 Å². The van der Waals surface area contributed by atoms with Crippen molar-refractivity contribution >= 4 is 27.3 Å². The summed E-state index contributed by atoms with van der Waals surface area (Å²) in [4.78, 5) is 16.2. The van der Waals surface area contributed by atoms with Gasteiger partial charge in [0.15, 0.2) is 0 Å². The summed E-state index contributed by atoms with van der Waals surface area (Å²) in [5.74, 6) is -0.152. The van der Waals surface area contributed by atoms with E-state index in [2.05, 4.69) is 20.1 Å². The first-order chi connectivity index (χ1) is 13.4. The van der Waals surface area contributed by atoms with Crippen molar-refractivity contribution in [3.63, 3.8) is 0 Å². The molecule has 2 aromatic carbocycles. The maximum absolute atomic E-state index is 12.5. The third-order valence-electron chi connectivity index (χ3n) is 4.08. The van der Waals surface area contributed by atoms with Crippen LogP contribution in [0.1, 0.15) is 18.4 Å². The molecule has 3 aromatic rings. The van der Waals surface area contributed by atoms with Crippen LogP contribution in [0.3, 0.4) is 0 Å². The van der Waals surface area contributed by atoms with Gasteiger partial charge < -0.3 is 5.32 Å². The highest BCUT2D eigenvalue weighted by Gasteiger charge is 2.15. The molecule has 0 saturated carbocycles. The number of amides is 1. The summed E-state index contributed by atoms with van der Waals surface area (Å²) < 4.78 is 29.3. The third kappa shape index (κ3) is 5.17. The highest BCUT2D eigenvalue weighted by atomic mass is 32.2. The molecule has 0 radical (unpaired) electrons. The van der Waals surface area contributed by atoms with Crippen LogP contribution in [0.15, 0.2) is 66.1 Å². The Morgan fingerprint density at radius 3 is 2.64 bits per heavy atom. The zero-order chi connectivity index (χ0) is 20.0. The van der Waals surface area contributed by atoms with Gasteiger partial charge in [-0.05, 0) is 43.2 Å². The minimum atomic E-state index is -3.70. The van der Waals surface area contributed by atoms with Crippen LogP contribution >= 0.6 is 0 Å². The number of aromatic nitrogens is 3. The largest absolute Gasteiger partial charge is 0.326 e. The van der Waals surface area contributed by atoms with E-state index >= 15 is 0 Å². The van der Waals surface area contributed by atoms with Crippen molar-refractivity contribution in [3.8, 4) is 0 Å². The van der Waals surface area contributed by atoms with E-state index in [-0.39, 0.29) is 10.8 Å². The number of carbonyl (C=O) groups excluding carboxylic acids is 1. The van der Waals surface area contributed by atoms with Crippen molar-refractivity contribution in [2.75, 3.05) is 10.0 Å². The molecule has 146 valence electrons. The number of benzene rings is 2. The van der Waals surface area contributed by atoms with E-state index in [4.69, 9.17) is 0 Å². The van der Waals surface area contributed by atoms with Crippen LogP contribution in [0.5, 0.6) is 0 Å². The van der Waals surface area contributed by atoms with Crippen LogP contribution in [0, 0.1) is 6.92 Å². The van der Waals surface area contributed by atoms with Gasteiger partial charge >= 0.3 is 0 Å². The molecule has 1 heterocycles. The molecule has 9 heteroatoms. The van der Waals surface area contributed by atoms with Gasteiger partial charge in [-0.2, -0.15) is 5.10 Å². The normalized spacial score (nSPS) is 11.2. The Balaban J connectivity index is 1.63. The molecule has 0 saturated heterocycles. The predicted octanol–water partition coefficient (Wildman–Crippen LogP) is 2.81. The maximum Gasteiger partial charge on any atom is 0.261 e. The Morgan fingerprint density at radius 2 is 1.93 bits per heavy atom. The van der Waals surface area contributed by atoms with Crippen molar-refractivity contribution in [1.82, 2.24) is 14.8 Å². The van der Waals surface area contributed by atoms with E-state index in [1.165, 1.54) is 18.5 Å². The first kappa shape index (κ1) is 19.6. The van der Waals surface area contributed by atoms with Gasteiger partial charge in [0, 0.05) is 18.7 Å². The minimum absolute atomic E-state index is 0.152. The lowest BCUT2D eigenvalue weighted by Crippen LogP contribution is -2.15. The fourth-order valence-electron chi connectivity index (χ4n) is 2.59. The lowest BCUT2D eigenvalue weighted by Gasteiger charge is -2.13. The molecule has 1 amide bonds. The SMILES string of the molecule is Cc1ccc(NC(=O)CCCn2cncn2)cc1NS(=O)(=O)c1ccccc1. The van der Waals surface area contributed by atoms with Crippen LogP contribution in [-0.4, -0.2) is 29.1 Å². The van der Waals surface area contributed by atoms with Gasteiger partial charge in [-0.1, -0.05) is 24.3 Å². The molecule has 0 aliphatic carbocycles. The van der Waals surface area contributed by atoms with Crippen molar-refractivity contribution in [2.24, 2.45) is 0 Å². The van der Waals surface area contributed by atoms with Crippen LogP contribution in [0.4, 0.5) is 11.4 Å². The van der Waals surface area contributed by atoms with E-state index in [0.717, 1.165) is 5.56 Å². The van der Waals surface area contributed by atoms with Crippen molar-refractivity contribution in [3.05, 3.63) is 66.7 Å². The highest BCUT2D eigenvalue weighted by molar-refractivity contribution is 7.92. The molecule has 2 N–H and O–H groups in total. The van der Waals surface area contributed by atoms with Crippen LogP contribution in [-0.2, 0) is 21.4 Å². The minimum Gasteiger partial charge on any atom is -0.326 e. The van der Waals surface area contributed by atoms with Crippen molar-refractivity contribution < 1.29 is 13.2 Å². The predicted molar refractivity (Wildman–Crippen MR) is 106 cm³/mol. The van der Waals surface area contributed by atoms with Gasteiger partial charge in [-0.25, -0.2) is 13.4 Å². The Labute approximate surface area is 163 Å². The van der Waals surface area contributed by atoms with Gasteiger partial charge in [0.2, 0.25) is 5.91 Å². The Kier molecular flexibility index (Phi) is 6.05. The Bertz CT molecular complexity index is 1030. The number of aryl methyl sites for hydroxylation is 2. The van der Waals surface area contributed by atoms with Gasteiger partial charge in [0.25, 0.3) is 10.0 Å². The smallest absolute Gasteiger partial charge is 0.261 e. The molecule has 0 unspecified atom stereocenters. The van der Waals surface area contributed by atoms with Crippen molar-refractivity contribution in [1.29, 1.82) is 0 Å². The quantitative estimate of drug-likeness (QED) is 0.606. The van der Waals surface area contributed by atoms with Crippen molar-refractivity contribution in [2.45, 2.75) is 31.2 Å². The molecule has 3 rings (SSSR count). The number of carbonyl (C=O) groups is 1. The zero-order valence-corrected chi connectivity index (χ0v) is 16.2. The molecule has 0 bridgehead atoms. The van der Waals surface area contributed by atoms with E-state index in [9.17, 15) is 13.2 Å². The lowest BCUT2D eigenvalue weighted by molar-refractivity contribution is -0.116. The van der Waals surface area contributed by atoms with Crippen LogP contribution < -0.4 is 10.0 Å². The average Bonchev–Trinajstić information content (AvgIpc) is 3.18. The number of rotatable bonds is 8. The lowest BCUT2D eigenvalue weighted by atomic mass is 10.2. The number of sulfonamides is 1. The maximum atomic E-state index is 12.5. The number of hydrogen-bond acceptors (Lipinski definition) is 5. The summed E-state index contributed by atoms with van der Waals surface area (Å²) in [6, 6.07) is 13.2. The summed E-state index contributed by atoms with van der Waals surface area (Å²) >= 11 is 0. The Morgan fingerprint density at radius 1 is 1.14 bits per heavy atom. The van der Waals surface area contributed by atoms with Gasteiger partial charge in [-0.3, -0.25) is 14.2 Å². The average molecular weight is 399 g/mol. The van der Waals surface area contributed by atoms with Gasteiger partial charge in [0.05, 0.1) is 10.6 Å². The number of nitrogens with one attached hydrogen (secondary N) is 2. The molecular weight excluding hydrogens is 378 g/mol. The second-order valence-electron chi connectivity index (χ2n) is 6.26. The highest BCUT2D eigenvalue weighted by Crippen LogP contribution is 2.23. The van der Waals surface area contributed by atoms with Crippen LogP contribution in [0.2, 0.25) is 0 Å². The number of anilines is 2. The fourth-order valence-corrected chi connectivity index (χ4v) is 3.73. The van der Waals surface area contributed by atoms with Gasteiger partial charge in [0.1, 0.15) is 12.7 Å². The van der Waals surface area contributed by atoms with E-state index in [1.54, 1.807) is 54.3 Å². The number of nitrogens with zero attached hydrogens (tertiary/aromatic N) is 3. The standard InChI is InChI=1S/C19H21N5O3S/c1-15-9-10-16(22-19(25)8-5-11-24-14-20-13-21-24)12-18(15)23-28(26,27)17-6-3-2-4-7-17/h2-4,6-7,9-10,12-14,23H,5,8,11H2,1H3,(H,22,25). The third-order valence-corrected chi connectivity index (χ3v) is 5.46. The topological polar surface area (TPSA) is 106 Å². The first-order valence-corrected chi connectivity index (χ1v) is 10.2. The van der Waals surface area contributed by atoms with Crippen LogP contribution in [0.25, 0.3) is 0 Å². The molecule has 0 aliphatic heterocycles. The molecule has 0 fully saturated rings.